The number of hydrogen-bond acceptors (Lipinski definition) is 6. The molecular formula is C25H19N3O4S. The zero-order valence-corrected chi connectivity index (χ0v) is 18.7. The Morgan fingerprint density at radius 2 is 1.82 bits per heavy atom. The highest BCUT2D eigenvalue weighted by molar-refractivity contribution is 7.95. The van der Waals surface area contributed by atoms with Gasteiger partial charge in [-0.25, -0.2) is 8.42 Å². The minimum atomic E-state index is -4.16. The molecule has 0 saturated heterocycles. The van der Waals surface area contributed by atoms with Crippen molar-refractivity contribution in [1.82, 2.24) is 9.38 Å². The van der Waals surface area contributed by atoms with Gasteiger partial charge in [0.2, 0.25) is 15.7 Å². The molecule has 4 aromatic rings. The Labute approximate surface area is 190 Å². The van der Waals surface area contributed by atoms with Crippen LogP contribution in [0.4, 0.5) is 0 Å². The van der Waals surface area contributed by atoms with Crippen molar-refractivity contribution < 1.29 is 13.2 Å². The third-order valence-electron chi connectivity index (χ3n) is 4.98. The lowest BCUT2D eigenvalue weighted by Crippen LogP contribution is -2.20. The highest BCUT2D eigenvalue weighted by Crippen LogP contribution is 2.27. The molecule has 0 unspecified atom stereocenters. The van der Waals surface area contributed by atoms with Gasteiger partial charge < -0.3 is 4.74 Å². The molecule has 8 heteroatoms. The van der Waals surface area contributed by atoms with Crippen LogP contribution in [-0.4, -0.2) is 17.8 Å². The topological polar surface area (TPSA) is 102 Å². The first-order valence-electron chi connectivity index (χ1n) is 9.99. The number of nitriles is 1. The average molecular weight is 458 g/mol. The van der Waals surface area contributed by atoms with Gasteiger partial charge in [-0.1, -0.05) is 36.4 Å². The number of fused-ring (bicyclic) bond motifs is 1. The normalized spacial score (nSPS) is 11.8. The molecular weight excluding hydrogens is 438 g/mol. The lowest BCUT2D eigenvalue weighted by atomic mass is 10.2. The van der Waals surface area contributed by atoms with Crippen molar-refractivity contribution in [1.29, 1.82) is 5.26 Å². The maximum Gasteiger partial charge on any atom is 0.269 e. The number of ether oxygens (including phenoxy) is 1. The number of benzene rings is 2. The molecule has 0 spiro atoms. The molecule has 0 bridgehead atoms. The molecule has 0 amide bonds. The van der Waals surface area contributed by atoms with Crippen LogP contribution in [-0.2, 0) is 9.84 Å². The van der Waals surface area contributed by atoms with Gasteiger partial charge in [0.25, 0.3) is 5.56 Å². The Hall–Kier alpha value is -4.22. The summed E-state index contributed by atoms with van der Waals surface area (Å²) in [7, 11) is -4.16. The summed E-state index contributed by atoms with van der Waals surface area (Å²) in [6, 6.07) is 19.9. The minimum Gasteiger partial charge on any atom is -0.438 e. The number of allylic oxidation sites excluding steroid dienone is 1. The molecule has 0 radical (unpaired) electrons. The molecule has 4 rings (SSSR count). The maximum absolute atomic E-state index is 13.4. The molecule has 0 aliphatic rings. The van der Waals surface area contributed by atoms with Crippen molar-refractivity contribution >= 4 is 21.6 Å². The largest absolute Gasteiger partial charge is 0.438 e. The molecule has 0 saturated carbocycles. The first kappa shape index (κ1) is 22.0. The lowest BCUT2D eigenvalue weighted by molar-refractivity contribution is 0.460. The zero-order chi connectivity index (χ0) is 23.6. The Morgan fingerprint density at radius 1 is 1.06 bits per heavy atom. The van der Waals surface area contributed by atoms with E-state index in [4.69, 9.17) is 4.74 Å². The summed E-state index contributed by atoms with van der Waals surface area (Å²) in [5.74, 6) is 0.342. The molecule has 0 aliphatic carbocycles. The fraction of sp³-hybridized carbons (Fsp3) is 0.0800. The fourth-order valence-electron chi connectivity index (χ4n) is 3.31. The number of hydrogen-bond donors (Lipinski definition) is 0. The van der Waals surface area contributed by atoms with Crippen LogP contribution in [0, 0.1) is 25.2 Å². The predicted octanol–water partition coefficient (Wildman–Crippen LogP) is 4.44. The highest BCUT2D eigenvalue weighted by atomic mass is 32.2. The second-order valence-corrected chi connectivity index (χ2v) is 9.29. The fourth-order valence-corrected chi connectivity index (χ4v) is 4.47. The molecule has 2 aromatic heterocycles. The number of rotatable bonds is 5. The van der Waals surface area contributed by atoms with E-state index in [1.54, 1.807) is 61.5 Å². The summed E-state index contributed by atoms with van der Waals surface area (Å²) >= 11 is 0. The van der Waals surface area contributed by atoms with Gasteiger partial charge in [0.1, 0.15) is 27.9 Å². The summed E-state index contributed by atoms with van der Waals surface area (Å²) in [5, 5.41) is 9.68. The minimum absolute atomic E-state index is 0.0522. The Bertz CT molecular complexity index is 1600. The van der Waals surface area contributed by atoms with Crippen molar-refractivity contribution in [3.8, 4) is 17.7 Å². The highest BCUT2D eigenvalue weighted by Gasteiger charge is 2.23. The lowest BCUT2D eigenvalue weighted by Gasteiger charge is -2.12. The van der Waals surface area contributed by atoms with Gasteiger partial charge in [-0.15, -0.1) is 0 Å². The Kier molecular flexibility index (Phi) is 5.82. The van der Waals surface area contributed by atoms with E-state index in [9.17, 15) is 18.5 Å². The number of pyridine rings is 1. The SMILES string of the molecule is Cc1cccc(Oc2nc3c(C)cccn3c(=O)c2/C=C(\C#N)S(=O)(=O)c2ccccc2)c1. The first-order valence-corrected chi connectivity index (χ1v) is 11.5. The van der Waals surface area contributed by atoms with E-state index >= 15 is 0 Å². The van der Waals surface area contributed by atoms with Gasteiger partial charge in [-0.2, -0.15) is 10.2 Å². The van der Waals surface area contributed by atoms with Crippen LogP contribution in [0.5, 0.6) is 11.6 Å². The second kappa shape index (κ2) is 8.73. The van der Waals surface area contributed by atoms with Crippen LogP contribution < -0.4 is 10.3 Å². The molecule has 164 valence electrons. The van der Waals surface area contributed by atoms with E-state index in [1.807, 2.05) is 13.0 Å². The monoisotopic (exact) mass is 457 g/mol. The zero-order valence-electron chi connectivity index (χ0n) is 17.9. The van der Waals surface area contributed by atoms with Gasteiger partial charge in [0, 0.05) is 6.20 Å². The van der Waals surface area contributed by atoms with Gasteiger partial charge in [-0.3, -0.25) is 9.20 Å². The smallest absolute Gasteiger partial charge is 0.269 e. The number of sulfone groups is 1. The van der Waals surface area contributed by atoms with E-state index < -0.39 is 20.3 Å². The van der Waals surface area contributed by atoms with Crippen LogP contribution in [0.1, 0.15) is 16.7 Å². The third-order valence-corrected chi connectivity index (χ3v) is 6.66. The molecule has 0 aliphatic heterocycles. The van der Waals surface area contributed by atoms with E-state index in [0.29, 0.717) is 11.4 Å². The van der Waals surface area contributed by atoms with E-state index in [-0.39, 0.29) is 16.3 Å². The molecule has 33 heavy (non-hydrogen) atoms. The Balaban J connectivity index is 1.98. The summed E-state index contributed by atoms with van der Waals surface area (Å²) in [5.41, 5.74) is 1.34. The van der Waals surface area contributed by atoms with E-state index in [1.165, 1.54) is 22.7 Å². The van der Waals surface area contributed by atoms with Crippen LogP contribution in [0.2, 0.25) is 0 Å². The molecule has 0 atom stereocenters. The van der Waals surface area contributed by atoms with Crippen molar-refractivity contribution in [2.24, 2.45) is 0 Å². The number of nitrogens with zero attached hydrogens (tertiary/aromatic N) is 3. The van der Waals surface area contributed by atoms with E-state index in [0.717, 1.165) is 17.2 Å². The van der Waals surface area contributed by atoms with Crippen LogP contribution >= 0.6 is 0 Å². The van der Waals surface area contributed by atoms with Crippen LogP contribution in [0.3, 0.4) is 0 Å². The number of aryl methyl sites for hydroxylation is 2. The van der Waals surface area contributed by atoms with Gasteiger partial charge in [0.05, 0.1) is 4.90 Å². The van der Waals surface area contributed by atoms with Gasteiger partial charge in [0.15, 0.2) is 0 Å². The molecule has 7 nitrogen and oxygen atoms in total. The summed E-state index contributed by atoms with van der Waals surface area (Å²) < 4.78 is 33.3. The maximum atomic E-state index is 13.4. The molecule has 0 fully saturated rings. The van der Waals surface area contributed by atoms with Crippen molar-refractivity contribution in [2.75, 3.05) is 0 Å². The third kappa shape index (κ3) is 4.27. The molecule has 2 aromatic carbocycles. The van der Waals surface area contributed by atoms with Crippen molar-refractivity contribution in [3.05, 3.63) is 105 Å². The van der Waals surface area contributed by atoms with Crippen LogP contribution in [0.15, 0.2) is 87.5 Å². The predicted molar refractivity (Wildman–Crippen MR) is 125 cm³/mol. The molecule has 0 N–H and O–H groups in total. The second-order valence-electron chi connectivity index (χ2n) is 7.38. The van der Waals surface area contributed by atoms with Gasteiger partial charge in [-0.05, 0) is 61.4 Å². The quantitative estimate of drug-likeness (QED) is 0.411. The van der Waals surface area contributed by atoms with Gasteiger partial charge >= 0.3 is 0 Å². The summed E-state index contributed by atoms with van der Waals surface area (Å²) in [6.07, 6.45) is 2.56. The first-order chi connectivity index (χ1) is 15.8. The number of aromatic nitrogens is 2. The molecule has 2 heterocycles. The Morgan fingerprint density at radius 3 is 2.52 bits per heavy atom. The van der Waals surface area contributed by atoms with Crippen molar-refractivity contribution in [3.63, 3.8) is 0 Å². The summed E-state index contributed by atoms with van der Waals surface area (Å²) in [6.45, 7) is 3.69. The average Bonchev–Trinajstić information content (AvgIpc) is 2.80. The van der Waals surface area contributed by atoms with Crippen molar-refractivity contribution in [2.45, 2.75) is 18.7 Å². The summed E-state index contributed by atoms with van der Waals surface area (Å²) in [4.78, 5) is 17.2. The van der Waals surface area contributed by atoms with E-state index in [2.05, 4.69) is 4.98 Å². The standard InChI is InChI=1S/C25H19N3O4S/c1-17-8-6-10-19(14-17)32-24-22(25(29)28-13-7-9-18(2)23(28)27-24)15-21(16-26)33(30,31)20-11-4-3-5-12-20/h3-15H,1-2H3/b21-15+. The van der Waals surface area contributed by atoms with Crippen LogP contribution in [0.25, 0.3) is 11.7 Å².